The summed E-state index contributed by atoms with van der Waals surface area (Å²) in [7, 11) is 0. The molecule has 1 aliphatic heterocycles. The van der Waals surface area contributed by atoms with Crippen LogP contribution in [0.3, 0.4) is 0 Å². The molecule has 1 fully saturated rings. The number of hydrogen-bond donors (Lipinski definition) is 2. The summed E-state index contributed by atoms with van der Waals surface area (Å²) in [6, 6.07) is 4.32. The number of halogens is 3. The smallest absolute Gasteiger partial charge is 0.354 e. The van der Waals surface area contributed by atoms with Crippen molar-refractivity contribution >= 4 is 23.4 Å². The maximum Gasteiger partial charge on any atom is 0.418 e. The van der Waals surface area contributed by atoms with Crippen molar-refractivity contribution in [2.24, 2.45) is 0 Å². The Balaban J connectivity index is 2.03. The Labute approximate surface area is 160 Å². The lowest BCUT2D eigenvalue weighted by molar-refractivity contribution is -0.139. The van der Waals surface area contributed by atoms with Gasteiger partial charge < -0.3 is 15.5 Å². The van der Waals surface area contributed by atoms with E-state index in [-0.39, 0.29) is 43.2 Å². The van der Waals surface area contributed by atoms with Gasteiger partial charge in [-0.15, -0.1) is 0 Å². The number of carbonyl (C=O) groups excluding carboxylic acids is 3. The number of hydrogen-bond acceptors (Lipinski definition) is 4. The molecule has 1 aliphatic rings. The Morgan fingerprint density at radius 2 is 1.96 bits per heavy atom. The van der Waals surface area contributed by atoms with Gasteiger partial charge in [0.05, 0.1) is 24.3 Å². The first kappa shape index (κ1) is 21.7. The second-order valence-corrected chi connectivity index (χ2v) is 6.77. The topological polar surface area (TPSA) is 81.8 Å². The van der Waals surface area contributed by atoms with E-state index in [1.54, 1.807) is 18.7 Å². The zero-order valence-electron chi connectivity index (χ0n) is 15.7. The summed E-state index contributed by atoms with van der Waals surface area (Å²) in [5, 5.41) is 4.89. The van der Waals surface area contributed by atoms with E-state index in [2.05, 4.69) is 10.6 Å². The minimum absolute atomic E-state index is 0.0436. The van der Waals surface area contributed by atoms with E-state index in [4.69, 9.17) is 0 Å². The van der Waals surface area contributed by atoms with E-state index in [9.17, 15) is 27.6 Å². The minimum atomic E-state index is -4.60. The molecule has 0 aromatic heterocycles. The number of para-hydroxylation sites is 1. The summed E-state index contributed by atoms with van der Waals surface area (Å²) in [5.74, 6) is -1.28. The van der Waals surface area contributed by atoms with Crippen LogP contribution >= 0.6 is 0 Å². The van der Waals surface area contributed by atoms with Crippen LogP contribution in [-0.2, 0) is 20.6 Å². The van der Waals surface area contributed by atoms with Crippen LogP contribution in [0.1, 0.15) is 19.4 Å². The summed E-state index contributed by atoms with van der Waals surface area (Å²) >= 11 is 0. The van der Waals surface area contributed by atoms with Crippen LogP contribution in [-0.4, -0.2) is 66.3 Å². The molecule has 0 atom stereocenters. The van der Waals surface area contributed by atoms with Crippen LogP contribution < -0.4 is 10.6 Å². The average Bonchev–Trinajstić information content (AvgIpc) is 2.59. The minimum Gasteiger partial charge on any atom is -0.354 e. The Hall–Kier alpha value is -2.62. The highest BCUT2D eigenvalue weighted by atomic mass is 19.4. The molecule has 0 radical (unpaired) electrons. The van der Waals surface area contributed by atoms with Gasteiger partial charge in [-0.25, -0.2) is 0 Å². The Morgan fingerprint density at radius 1 is 1.29 bits per heavy atom. The first-order chi connectivity index (χ1) is 13.1. The van der Waals surface area contributed by atoms with E-state index < -0.39 is 17.6 Å². The molecule has 28 heavy (non-hydrogen) atoms. The van der Waals surface area contributed by atoms with Crippen LogP contribution in [0.25, 0.3) is 0 Å². The van der Waals surface area contributed by atoms with Crippen LogP contribution in [0.2, 0.25) is 0 Å². The fraction of sp³-hybridized carbons (Fsp3) is 0.500. The number of amides is 3. The summed E-state index contributed by atoms with van der Waals surface area (Å²) in [6.07, 6.45) is -4.60. The highest BCUT2D eigenvalue weighted by Crippen LogP contribution is 2.34. The quantitative estimate of drug-likeness (QED) is 0.755. The van der Waals surface area contributed by atoms with Gasteiger partial charge in [0, 0.05) is 19.1 Å². The number of anilines is 1. The lowest BCUT2D eigenvalue weighted by atomic mass is 10.1. The number of carbonyl (C=O) groups is 3. The van der Waals surface area contributed by atoms with Gasteiger partial charge in [-0.05, 0) is 26.0 Å². The third-order valence-corrected chi connectivity index (χ3v) is 4.24. The maximum atomic E-state index is 13.1. The predicted molar refractivity (Wildman–Crippen MR) is 96.4 cm³/mol. The number of rotatable bonds is 6. The van der Waals surface area contributed by atoms with Crippen LogP contribution in [0.15, 0.2) is 24.3 Å². The van der Waals surface area contributed by atoms with Crippen molar-refractivity contribution in [2.75, 3.05) is 38.0 Å². The van der Waals surface area contributed by atoms with Crippen molar-refractivity contribution in [2.45, 2.75) is 26.1 Å². The third kappa shape index (κ3) is 5.95. The molecule has 2 rings (SSSR count). The molecular formula is C18H23F3N4O3. The highest BCUT2D eigenvalue weighted by Gasteiger charge is 2.34. The largest absolute Gasteiger partial charge is 0.418 e. The lowest BCUT2D eigenvalue weighted by Crippen LogP contribution is -2.53. The van der Waals surface area contributed by atoms with Crippen molar-refractivity contribution in [3.63, 3.8) is 0 Å². The fourth-order valence-corrected chi connectivity index (χ4v) is 2.85. The van der Waals surface area contributed by atoms with Crippen molar-refractivity contribution in [1.29, 1.82) is 0 Å². The van der Waals surface area contributed by atoms with E-state index >= 15 is 0 Å². The fourth-order valence-electron chi connectivity index (χ4n) is 2.85. The molecule has 0 bridgehead atoms. The van der Waals surface area contributed by atoms with Crippen LogP contribution in [0, 0.1) is 0 Å². The molecule has 0 unspecified atom stereocenters. The Bertz CT molecular complexity index is 737. The van der Waals surface area contributed by atoms with Gasteiger partial charge in [-0.1, -0.05) is 12.1 Å². The molecule has 3 amide bonds. The van der Waals surface area contributed by atoms with Gasteiger partial charge in [0.25, 0.3) is 0 Å². The average molecular weight is 400 g/mol. The molecule has 154 valence electrons. The summed E-state index contributed by atoms with van der Waals surface area (Å²) in [5.41, 5.74) is -1.31. The van der Waals surface area contributed by atoms with Gasteiger partial charge in [0.15, 0.2) is 0 Å². The molecule has 1 aromatic rings. The van der Waals surface area contributed by atoms with Crippen molar-refractivity contribution in [1.82, 2.24) is 15.1 Å². The summed E-state index contributed by atoms with van der Waals surface area (Å²) < 4.78 is 39.2. The highest BCUT2D eigenvalue weighted by molar-refractivity contribution is 5.95. The molecule has 2 N–H and O–H groups in total. The Morgan fingerprint density at radius 3 is 2.57 bits per heavy atom. The van der Waals surface area contributed by atoms with Gasteiger partial charge in [0.2, 0.25) is 17.7 Å². The van der Waals surface area contributed by atoms with Gasteiger partial charge in [-0.2, -0.15) is 13.2 Å². The molecule has 0 spiro atoms. The molecule has 7 nitrogen and oxygen atoms in total. The van der Waals surface area contributed by atoms with Gasteiger partial charge in [0.1, 0.15) is 6.54 Å². The first-order valence-corrected chi connectivity index (χ1v) is 8.82. The molecular weight excluding hydrogens is 377 g/mol. The van der Waals surface area contributed by atoms with Crippen molar-refractivity contribution in [3.8, 4) is 0 Å². The van der Waals surface area contributed by atoms with Gasteiger partial charge in [-0.3, -0.25) is 19.3 Å². The van der Waals surface area contributed by atoms with E-state index in [0.29, 0.717) is 13.1 Å². The summed E-state index contributed by atoms with van der Waals surface area (Å²) in [4.78, 5) is 39.2. The van der Waals surface area contributed by atoms with E-state index in [1.807, 2.05) is 0 Å². The zero-order chi connectivity index (χ0) is 20.9. The second kappa shape index (κ2) is 9.05. The summed E-state index contributed by atoms with van der Waals surface area (Å²) in [6.45, 7) is 4.01. The van der Waals surface area contributed by atoms with E-state index in [1.165, 1.54) is 17.0 Å². The molecule has 0 aliphatic carbocycles. The van der Waals surface area contributed by atoms with Crippen LogP contribution in [0.4, 0.5) is 18.9 Å². The lowest BCUT2D eigenvalue weighted by Gasteiger charge is -2.31. The number of piperazine rings is 1. The van der Waals surface area contributed by atoms with Crippen molar-refractivity contribution in [3.05, 3.63) is 29.8 Å². The number of alkyl halides is 3. The SMILES string of the molecule is CC(C)N(CC(=O)Nc1ccccc1C(F)(F)F)C(=O)CN1CCNC(=O)C1. The monoisotopic (exact) mass is 400 g/mol. The maximum absolute atomic E-state index is 13.1. The predicted octanol–water partition coefficient (Wildman–Crippen LogP) is 1.31. The molecule has 0 saturated carbocycles. The van der Waals surface area contributed by atoms with Gasteiger partial charge >= 0.3 is 6.18 Å². The first-order valence-electron chi connectivity index (χ1n) is 8.82. The normalized spacial score (nSPS) is 15.3. The molecule has 1 saturated heterocycles. The van der Waals surface area contributed by atoms with E-state index in [0.717, 1.165) is 12.1 Å². The second-order valence-electron chi connectivity index (χ2n) is 6.77. The molecule has 1 heterocycles. The number of benzene rings is 1. The third-order valence-electron chi connectivity index (χ3n) is 4.24. The zero-order valence-corrected chi connectivity index (χ0v) is 15.7. The Kier molecular flexibility index (Phi) is 7.00. The van der Waals surface area contributed by atoms with Crippen molar-refractivity contribution < 1.29 is 27.6 Å². The molecule has 1 aromatic carbocycles. The standard InChI is InChI=1S/C18H23F3N4O3/c1-12(2)25(17(28)11-24-8-7-22-15(26)9-24)10-16(27)23-14-6-4-3-5-13(14)18(19,20)21/h3-6,12H,7-11H2,1-2H3,(H,22,26)(H,23,27). The molecule has 10 heteroatoms. The van der Waals surface area contributed by atoms with Crippen LogP contribution in [0.5, 0.6) is 0 Å². The number of nitrogens with zero attached hydrogens (tertiary/aromatic N) is 2. The number of nitrogens with one attached hydrogen (secondary N) is 2.